The average molecular weight is 233 g/mol. The highest BCUT2D eigenvalue weighted by Crippen LogP contribution is 2.19. The minimum Gasteiger partial charge on any atom is -0.480 e. The second kappa shape index (κ2) is 6.71. The molecular formula is C10H19NO3S. The highest BCUT2D eigenvalue weighted by Gasteiger charge is 2.23. The Morgan fingerprint density at radius 2 is 1.67 bits per heavy atom. The lowest BCUT2D eigenvalue weighted by atomic mass is 10.4. The highest BCUT2D eigenvalue weighted by atomic mass is 32.2. The Morgan fingerprint density at radius 1 is 1.20 bits per heavy atom. The smallest absolute Gasteiger partial charge is 0.316 e. The van der Waals surface area contributed by atoms with Crippen LogP contribution in [0.15, 0.2) is 0 Å². The number of rotatable bonds is 6. The fraction of sp³-hybridized carbons (Fsp3) is 0.800. The molecule has 0 fully saturated rings. The lowest BCUT2D eigenvalue weighted by Crippen LogP contribution is -2.37. The Balaban J connectivity index is 4.26. The number of amides is 1. The fourth-order valence-electron chi connectivity index (χ4n) is 1.21. The summed E-state index contributed by atoms with van der Waals surface area (Å²) in [5.41, 5.74) is 0. The van der Waals surface area contributed by atoms with E-state index in [1.165, 1.54) is 11.8 Å². The Bertz CT molecular complexity index is 229. The molecule has 0 aliphatic heterocycles. The first-order valence-electron chi connectivity index (χ1n) is 5.11. The van der Waals surface area contributed by atoms with Crippen LogP contribution in [-0.2, 0) is 9.59 Å². The molecule has 0 rings (SSSR count). The maximum Gasteiger partial charge on any atom is 0.316 e. The van der Waals surface area contributed by atoms with Crippen LogP contribution in [-0.4, -0.2) is 45.5 Å². The van der Waals surface area contributed by atoms with Crippen LogP contribution in [0.3, 0.4) is 0 Å². The van der Waals surface area contributed by atoms with Gasteiger partial charge in [-0.2, -0.15) is 0 Å². The molecule has 0 heterocycles. The monoisotopic (exact) mass is 233 g/mol. The zero-order valence-corrected chi connectivity index (χ0v) is 10.5. The van der Waals surface area contributed by atoms with Gasteiger partial charge in [0, 0.05) is 13.1 Å². The lowest BCUT2D eigenvalue weighted by Gasteiger charge is -2.23. The molecule has 0 saturated carbocycles. The predicted molar refractivity (Wildman–Crippen MR) is 62.1 cm³/mol. The van der Waals surface area contributed by atoms with Crippen molar-refractivity contribution in [2.45, 2.75) is 38.2 Å². The number of carboxylic acids is 1. The molecule has 15 heavy (non-hydrogen) atoms. The number of hydrogen-bond acceptors (Lipinski definition) is 3. The third-order valence-electron chi connectivity index (χ3n) is 2.18. The Hall–Kier alpha value is -0.710. The molecule has 0 aromatic rings. The number of hydrogen-bond donors (Lipinski definition) is 1. The van der Waals surface area contributed by atoms with Gasteiger partial charge in [-0.15, -0.1) is 11.8 Å². The number of nitrogens with zero attached hydrogens (tertiary/aromatic N) is 1. The minimum atomic E-state index is -0.876. The Labute approximate surface area is 95.0 Å². The van der Waals surface area contributed by atoms with Gasteiger partial charge in [0.1, 0.15) is 5.25 Å². The zero-order valence-electron chi connectivity index (χ0n) is 9.69. The number of carboxylic acid groups (broad SMARTS) is 1. The zero-order chi connectivity index (χ0) is 12.0. The summed E-state index contributed by atoms with van der Waals surface area (Å²) in [6, 6.07) is 0. The second-order valence-electron chi connectivity index (χ2n) is 3.27. The van der Waals surface area contributed by atoms with Crippen molar-refractivity contribution in [3.63, 3.8) is 0 Å². The molecule has 2 unspecified atom stereocenters. The Kier molecular flexibility index (Phi) is 6.40. The molecule has 1 amide bonds. The van der Waals surface area contributed by atoms with E-state index in [4.69, 9.17) is 5.11 Å². The summed E-state index contributed by atoms with van der Waals surface area (Å²) in [7, 11) is 0. The van der Waals surface area contributed by atoms with E-state index in [1.54, 1.807) is 18.7 Å². The number of carbonyl (C=O) groups is 2. The van der Waals surface area contributed by atoms with Gasteiger partial charge in [0.05, 0.1) is 5.25 Å². The molecule has 1 N–H and O–H groups in total. The molecule has 0 radical (unpaired) electrons. The molecular weight excluding hydrogens is 214 g/mol. The van der Waals surface area contributed by atoms with Gasteiger partial charge in [0.2, 0.25) is 5.91 Å². The van der Waals surface area contributed by atoms with Crippen LogP contribution in [0.4, 0.5) is 0 Å². The molecule has 0 aliphatic carbocycles. The van der Waals surface area contributed by atoms with Crippen molar-refractivity contribution in [3.05, 3.63) is 0 Å². The number of carbonyl (C=O) groups excluding carboxylic acids is 1. The topological polar surface area (TPSA) is 57.6 Å². The third kappa shape index (κ3) is 4.55. The lowest BCUT2D eigenvalue weighted by molar-refractivity contribution is -0.136. The van der Waals surface area contributed by atoms with Gasteiger partial charge in [-0.3, -0.25) is 9.59 Å². The molecule has 0 aliphatic rings. The summed E-state index contributed by atoms with van der Waals surface area (Å²) in [6.07, 6.45) is 0. The molecule has 88 valence electrons. The van der Waals surface area contributed by atoms with Crippen molar-refractivity contribution in [2.75, 3.05) is 13.1 Å². The van der Waals surface area contributed by atoms with Crippen molar-refractivity contribution >= 4 is 23.6 Å². The Morgan fingerprint density at radius 3 is 2.00 bits per heavy atom. The van der Waals surface area contributed by atoms with Gasteiger partial charge in [0.15, 0.2) is 0 Å². The van der Waals surface area contributed by atoms with Crippen LogP contribution in [0.2, 0.25) is 0 Å². The SMILES string of the molecule is CCN(CC)C(=O)C(C)SC(C)C(=O)O. The van der Waals surface area contributed by atoms with Gasteiger partial charge in [-0.05, 0) is 27.7 Å². The van der Waals surface area contributed by atoms with Crippen LogP contribution >= 0.6 is 11.8 Å². The third-order valence-corrected chi connectivity index (χ3v) is 3.40. The van der Waals surface area contributed by atoms with Gasteiger partial charge in [-0.25, -0.2) is 0 Å². The average Bonchev–Trinajstić information content (AvgIpc) is 2.19. The summed E-state index contributed by atoms with van der Waals surface area (Å²) >= 11 is 1.18. The molecule has 2 atom stereocenters. The normalized spacial score (nSPS) is 14.4. The van der Waals surface area contributed by atoms with Crippen molar-refractivity contribution in [3.8, 4) is 0 Å². The van der Waals surface area contributed by atoms with Crippen molar-refractivity contribution in [1.82, 2.24) is 4.90 Å². The van der Waals surface area contributed by atoms with Crippen LogP contribution in [0, 0.1) is 0 Å². The van der Waals surface area contributed by atoms with Crippen LogP contribution < -0.4 is 0 Å². The van der Waals surface area contributed by atoms with Crippen LogP contribution in [0.5, 0.6) is 0 Å². The standard InChI is InChI=1S/C10H19NO3S/c1-5-11(6-2)9(12)7(3)15-8(4)10(13)14/h7-8H,5-6H2,1-4H3,(H,13,14). The fourth-order valence-corrected chi connectivity index (χ4v) is 2.21. The van der Waals surface area contributed by atoms with E-state index in [-0.39, 0.29) is 11.2 Å². The van der Waals surface area contributed by atoms with E-state index < -0.39 is 11.2 Å². The molecule has 0 aromatic carbocycles. The predicted octanol–water partition coefficient (Wildman–Crippen LogP) is 1.45. The highest BCUT2D eigenvalue weighted by molar-refractivity contribution is 8.01. The maximum absolute atomic E-state index is 11.8. The number of thioether (sulfide) groups is 1. The van der Waals surface area contributed by atoms with Crippen molar-refractivity contribution in [1.29, 1.82) is 0 Å². The first-order valence-corrected chi connectivity index (χ1v) is 6.05. The van der Waals surface area contributed by atoms with E-state index in [0.29, 0.717) is 13.1 Å². The van der Waals surface area contributed by atoms with E-state index in [1.807, 2.05) is 13.8 Å². The molecule has 4 nitrogen and oxygen atoms in total. The van der Waals surface area contributed by atoms with Gasteiger partial charge < -0.3 is 10.0 Å². The van der Waals surface area contributed by atoms with Gasteiger partial charge in [-0.1, -0.05) is 0 Å². The number of aliphatic carboxylic acids is 1. The summed E-state index contributed by atoms with van der Waals surface area (Å²) in [5, 5.41) is 7.88. The molecule has 0 saturated heterocycles. The second-order valence-corrected chi connectivity index (χ2v) is 4.96. The molecule has 0 spiro atoms. The van der Waals surface area contributed by atoms with Crippen LogP contribution in [0.1, 0.15) is 27.7 Å². The summed E-state index contributed by atoms with van der Waals surface area (Å²) in [4.78, 5) is 24.1. The van der Waals surface area contributed by atoms with E-state index in [2.05, 4.69) is 0 Å². The van der Waals surface area contributed by atoms with Crippen molar-refractivity contribution in [2.24, 2.45) is 0 Å². The van der Waals surface area contributed by atoms with Gasteiger partial charge in [0.25, 0.3) is 0 Å². The van der Waals surface area contributed by atoms with Gasteiger partial charge >= 0.3 is 5.97 Å². The first-order chi connectivity index (χ1) is 6.93. The van der Waals surface area contributed by atoms with Crippen molar-refractivity contribution < 1.29 is 14.7 Å². The quantitative estimate of drug-likeness (QED) is 0.754. The minimum absolute atomic E-state index is 0.0121. The maximum atomic E-state index is 11.8. The van der Waals surface area contributed by atoms with Crippen LogP contribution in [0.25, 0.3) is 0 Å². The van der Waals surface area contributed by atoms with E-state index in [0.717, 1.165) is 0 Å². The molecule has 0 bridgehead atoms. The summed E-state index contributed by atoms with van der Waals surface area (Å²) in [5.74, 6) is -0.864. The summed E-state index contributed by atoms with van der Waals surface area (Å²) in [6.45, 7) is 8.52. The largest absolute Gasteiger partial charge is 0.480 e. The summed E-state index contributed by atoms with van der Waals surface area (Å²) < 4.78 is 0. The van der Waals surface area contributed by atoms with E-state index in [9.17, 15) is 9.59 Å². The van der Waals surface area contributed by atoms with E-state index >= 15 is 0 Å². The first kappa shape index (κ1) is 14.3. The molecule has 5 heteroatoms. The molecule has 0 aromatic heterocycles.